The predicted octanol–water partition coefficient (Wildman–Crippen LogP) is 2.50. The Kier molecular flexibility index (Phi) is 4.15. The zero-order chi connectivity index (χ0) is 16.4. The first-order valence-electron chi connectivity index (χ1n) is 8.16. The van der Waals surface area contributed by atoms with Crippen molar-refractivity contribution in [3.63, 3.8) is 0 Å². The highest BCUT2D eigenvalue weighted by Crippen LogP contribution is 2.32. The summed E-state index contributed by atoms with van der Waals surface area (Å²) in [5.74, 6) is 2.08. The highest BCUT2D eigenvalue weighted by molar-refractivity contribution is 5.51. The van der Waals surface area contributed by atoms with Gasteiger partial charge in [0.1, 0.15) is 6.26 Å². The fraction of sp³-hybridized carbons (Fsp3) is 0.333. The fourth-order valence-corrected chi connectivity index (χ4v) is 3.43. The lowest BCUT2D eigenvalue weighted by molar-refractivity contribution is 0.260. The van der Waals surface area contributed by atoms with E-state index in [0.29, 0.717) is 36.6 Å². The van der Waals surface area contributed by atoms with Gasteiger partial charge in [0.2, 0.25) is 11.7 Å². The van der Waals surface area contributed by atoms with Crippen LogP contribution in [-0.4, -0.2) is 34.7 Å². The Hall–Kier alpha value is -2.44. The molecule has 4 rings (SSSR count). The van der Waals surface area contributed by atoms with Crippen molar-refractivity contribution in [2.75, 3.05) is 19.6 Å². The predicted molar refractivity (Wildman–Crippen MR) is 89.0 cm³/mol. The summed E-state index contributed by atoms with van der Waals surface area (Å²) in [6, 6.07) is 12.4. The SMILES string of the molecule is NC[C@@H]1CN(Cc2nc(-c3ccoc3)no2)C[C@H]1c1ccccc1. The molecule has 24 heavy (non-hydrogen) atoms. The highest BCUT2D eigenvalue weighted by atomic mass is 16.5. The van der Waals surface area contributed by atoms with Gasteiger partial charge < -0.3 is 14.7 Å². The van der Waals surface area contributed by atoms with Crippen LogP contribution in [0.15, 0.2) is 57.9 Å². The van der Waals surface area contributed by atoms with Crippen LogP contribution >= 0.6 is 0 Å². The Labute approximate surface area is 140 Å². The van der Waals surface area contributed by atoms with E-state index in [2.05, 4.69) is 39.3 Å². The van der Waals surface area contributed by atoms with E-state index < -0.39 is 0 Å². The van der Waals surface area contributed by atoms with Crippen molar-refractivity contribution in [1.29, 1.82) is 0 Å². The topological polar surface area (TPSA) is 81.3 Å². The van der Waals surface area contributed by atoms with Crippen molar-refractivity contribution in [3.05, 3.63) is 60.4 Å². The molecule has 0 amide bonds. The molecule has 1 aliphatic heterocycles. The average Bonchev–Trinajstić information content (AvgIpc) is 3.36. The number of furan rings is 1. The van der Waals surface area contributed by atoms with Crippen LogP contribution in [-0.2, 0) is 6.54 Å². The molecule has 6 heteroatoms. The minimum atomic E-state index is 0.448. The number of hydrogen-bond donors (Lipinski definition) is 1. The molecule has 1 aromatic carbocycles. The molecule has 1 saturated heterocycles. The van der Waals surface area contributed by atoms with Gasteiger partial charge in [-0.05, 0) is 24.1 Å². The molecule has 3 aromatic rings. The van der Waals surface area contributed by atoms with E-state index in [1.54, 1.807) is 12.5 Å². The lowest BCUT2D eigenvalue weighted by Crippen LogP contribution is -2.23. The monoisotopic (exact) mass is 324 g/mol. The lowest BCUT2D eigenvalue weighted by atomic mass is 9.89. The summed E-state index contributed by atoms with van der Waals surface area (Å²) in [6.45, 7) is 3.22. The van der Waals surface area contributed by atoms with Gasteiger partial charge >= 0.3 is 0 Å². The van der Waals surface area contributed by atoms with Crippen LogP contribution in [0.1, 0.15) is 17.4 Å². The summed E-state index contributed by atoms with van der Waals surface area (Å²) < 4.78 is 10.4. The van der Waals surface area contributed by atoms with E-state index in [-0.39, 0.29) is 0 Å². The zero-order valence-electron chi connectivity index (χ0n) is 13.3. The van der Waals surface area contributed by atoms with E-state index in [9.17, 15) is 0 Å². The molecule has 0 radical (unpaired) electrons. The van der Waals surface area contributed by atoms with Crippen molar-refractivity contribution >= 4 is 0 Å². The maximum atomic E-state index is 6.00. The van der Waals surface area contributed by atoms with Crippen LogP contribution in [0.2, 0.25) is 0 Å². The molecule has 2 atom stereocenters. The highest BCUT2D eigenvalue weighted by Gasteiger charge is 2.33. The summed E-state index contributed by atoms with van der Waals surface area (Å²) in [5, 5.41) is 4.02. The molecular formula is C18H20N4O2. The maximum absolute atomic E-state index is 6.00. The van der Waals surface area contributed by atoms with Crippen molar-refractivity contribution in [1.82, 2.24) is 15.0 Å². The first-order valence-corrected chi connectivity index (χ1v) is 8.16. The molecule has 124 valence electrons. The summed E-state index contributed by atoms with van der Waals surface area (Å²) in [7, 11) is 0. The van der Waals surface area contributed by atoms with Crippen molar-refractivity contribution in [2.45, 2.75) is 12.5 Å². The minimum Gasteiger partial charge on any atom is -0.472 e. The third-order valence-electron chi connectivity index (χ3n) is 4.65. The molecule has 3 heterocycles. The van der Waals surface area contributed by atoms with Crippen LogP contribution in [0, 0.1) is 5.92 Å². The standard InChI is InChI=1S/C18H20N4O2/c19-8-15-9-22(10-16(15)13-4-2-1-3-5-13)11-17-20-18(21-24-17)14-6-7-23-12-14/h1-7,12,15-16H,8-11,19H2/t15-,16+/m1/s1. The molecule has 2 N–H and O–H groups in total. The molecule has 0 unspecified atom stereocenters. The van der Waals surface area contributed by atoms with Crippen molar-refractivity contribution in [2.24, 2.45) is 11.7 Å². The number of nitrogens with two attached hydrogens (primary N) is 1. The molecule has 2 aromatic heterocycles. The van der Waals surface area contributed by atoms with E-state index in [1.165, 1.54) is 5.56 Å². The Balaban J connectivity index is 1.46. The summed E-state index contributed by atoms with van der Waals surface area (Å²) >= 11 is 0. The Morgan fingerprint density at radius 2 is 2.04 bits per heavy atom. The van der Waals surface area contributed by atoms with Gasteiger partial charge in [0, 0.05) is 19.0 Å². The van der Waals surface area contributed by atoms with Gasteiger partial charge in [-0.1, -0.05) is 35.5 Å². The molecule has 1 aliphatic rings. The van der Waals surface area contributed by atoms with E-state index in [0.717, 1.165) is 18.7 Å². The van der Waals surface area contributed by atoms with Crippen LogP contribution in [0.3, 0.4) is 0 Å². The first-order chi connectivity index (χ1) is 11.8. The van der Waals surface area contributed by atoms with Crippen LogP contribution in [0.25, 0.3) is 11.4 Å². The second kappa shape index (κ2) is 6.59. The normalized spacial score (nSPS) is 21.4. The number of likely N-dealkylation sites (tertiary alicyclic amines) is 1. The van der Waals surface area contributed by atoms with Gasteiger partial charge in [0.05, 0.1) is 18.4 Å². The number of rotatable bonds is 5. The molecule has 0 saturated carbocycles. The smallest absolute Gasteiger partial charge is 0.241 e. The van der Waals surface area contributed by atoms with Crippen LogP contribution < -0.4 is 5.73 Å². The van der Waals surface area contributed by atoms with E-state index >= 15 is 0 Å². The second-order valence-electron chi connectivity index (χ2n) is 6.23. The molecule has 1 fully saturated rings. The molecule has 0 bridgehead atoms. The van der Waals surface area contributed by atoms with E-state index in [1.807, 2.05) is 12.1 Å². The summed E-state index contributed by atoms with van der Waals surface area (Å²) in [5.41, 5.74) is 8.17. The molecule has 6 nitrogen and oxygen atoms in total. The molecular weight excluding hydrogens is 304 g/mol. The van der Waals surface area contributed by atoms with E-state index in [4.69, 9.17) is 14.7 Å². The molecule has 0 aliphatic carbocycles. The minimum absolute atomic E-state index is 0.448. The number of nitrogens with zero attached hydrogens (tertiary/aromatic N) is 3. The van der Waals surface area contributed by atoms with Gasteiger partial charge in [0.25, 0.3) is 0 Å². The first kappa shape index (κ1) is 15.1. The van der Waals surface area contributed by atoms with Gasteiger partial charge in [-0.2, -0.15) is 4.98 Å². The van der Waals surface area contributed by atoms with Crippen molar-refractivity contribution in [3.8, 4) is 11.4 Å². The Morgan fingerprint density at radius 3 is 2.79 bits per heavy atom. The number of hydrogen-bond acceptors (Lipinski definition) is 6. The van der Waals surface area contributed by atoms with Gasteiger partial charge in [-0.3, -0.25) is 4.90 Å². The Bertz CT molecular complexity index is 769. The lowest BCUT2D eigenvalue weighted by Gasteiger charge is -2.16. The summed E-state index contributed by atoms with van der Waals surface area (Å²) in [4.78, 5) is 6.79. The van der Waals surface area contributed by atoms with Gasteiger partial charge in [0.15, 0.2) is 0 Å². The molecule has 0 spiro atoms. The second-order valence-corrected chi connectivity index (χ2v) is 6.23. The van der Waals surface area contributed by atoms with Gasteiger partial charge in [-0.15, -0.1) is 0 Å². The number of benzene rings is 1. The van der Waals surface area contributed by atoms with Gasteiger partial charge in [-0.25, -0.2) is 0 Å². The van der Waals surface area contributed by atoms with Crippen molar-refractivity contribution < 1.29 is 8.94 Å². The van der Waals surface area contributed by atoms with Crippen LogP contribution in [0.5, 0.6) is 0 Å². The maximum Gasteiger partial charge on any atom is 0.241 e. The largest absolute Gasteiger partial charge is 0.472 e. The quantitative estimate of drug-likeness (QED) is 0.776. The number of aromatic nitrogens is 2. The van der Waals surface area contributed by atoms with Crippen LogP contribution in [0.4, 0.5) is 0 Å². The zero-order valence-corrected chi connectivity index (χ0v) is 13.3. The fourth-order valence-electron chi connectivity index (χ4n) is 3.43. The Morgan fingerprint density at radius 1 is 1.17 bits per heavy atom. The third kappa shape index (κ3) is 2.98. The third-order valence-corrected chi connectivity index (χ3v) is 4.65. The average molecular weight is 324 g/mol. The summed E-state index contributed by atoms with van der Waals surface area (Å²) in [6.07, 6.45) is 3.21.